The highest BCUT2D eigenvalue weighted by atomic mass is 79.9. The third-order valence-corrected chi connectivity index (χ3v) is 3.21. The number of nitrogens with two attached hydrogens (primary N) is 1. The summed E-state index contributed by atoms with van der Waals surface area (Å²) in [4.78, 5) is 0. The Bertz CT molecular complexity index is 323. The first-order valence-corrected chi connectivity index (χ1v) is 6.06. The molecular formula is C12H19BrN2. The van der Waals surface area contributed by atoms with E-state index in [0.717, 1.165) is 10.2 Å². The minimum Gasteiger partial charge on any atom is -0.380 e. The Balaban J connectivity index is 2.82. The fourth-order valence-electron chi connectivity index (χ4n) is 1.45. The zero-order valence-corrected chi connectivity index (χ0v) is 11.1. The molecule has 1 rings (SSSR count). The first-order valence-electron chi connectivity index (χ1n) is 5.27. The number of hydrogen-bond donors (Lipinski definition) is 2. The van der Waals surface area contributed by atoms with Crippen LogP contribution in [0.4, 0.5) is 5.69 Å². The number of aryl methyl sites for hydroxylation is 1. The summed E-state index contributed by atoms with van der Waals surface area (Å²) in [5.41, 5.74) is 8.11. The average Bonchev–Trinajstić information content (AvgIpc) is 2.18. The van der Waals surface area contributed by atoms with Gasteiger partial charge >= 0.3 is 0 Å². The Hall–Kier alpha value is -0.540. The molecule has 0 bridgehead atoms. The fraction of sp³-hybridized carbons (Fsp3) is 0.500. The molecule has 84 valence electrons. The van der Waals surface area contributed by atoms with Crippen LogP contribution in [0.5, 0.6) is 0 Å². The lowest BCUT2D eigenvalue weighted by Gasteiger charge is -2.22. The molecule has 0 aromatic heterocycles. The second kappa shape index (κ2) is 5.52. The van der Waals surface area contributed by atoms with Gasteiger partial charge in [0.05, 0.1) is 0 Å². The van der Waals surface area contributed by atoms with Crippen molar-refractivity contribution in [3.63, 3.8) is 0 Å². The monoisotopic (exact) mass is 270 g/mol. The first kappa shape index (κ1) is 12.5. The van der Waals surface area contributed by atoms with Crippen molar-refractivity contribution in [2.45, 2.75) is 26.8 Å². The summed E-state index contributed by atoms with van der Waals surface area (Å²) in [6, 6.07) is 6.60. The predicted octanol–water partition coefficient (Wildman–Crippen LogP) is 3.15. The number of rotatable bonds is 4. The molecule has 1 aromatic rings. The SMILES string of the molecule is Cc1ccc(Br)c(NC(CN)C(C)C)c1. The van der Waals surface area contributed by atoms with Crippen molar-refractivity contribution < 1.29 is 0 Å². The van der Waals surface area contributed by atoms with E-state index in [9.17, 15) is 0 Å². The van der Waals surface area contributed by atoms with Crippen LogP contribution in [-0.2, 0) is 0 Å². The molecule has 0 heterocycles. The third-order valence-electron chi connectivity index (χ3n) is 2.52. The van der Waals surface area contributed by atoms with Crippen molar-refractivity contribution in [1.82, 2.24) is 0 Å². The molecule has 1 aromatic carbocycles. The highest BCUT2D eigenvalue weighted by Gasteiger charge is 2.12. The molecule has 0 aliphatic rings. The van der Waals surface area contributed by atoms with Crippen molar-refractivity contribution in [2.24, 2.45) is 11.7 Å². The van der Waals surface area contributed by atoms with Gasteiger partial charge in [-0.1, -0.05) is 19.9 Å². The van der Waals surface area contributed by atoms with Crippen LogP contribution in [-0.4, -0.2) is 12.6 Å². The average molecular weight is 271 g/mol. The van der Waals surface area contributed by atoms with Crippen LogP contribution < -0.4 is 11.1 Å². The highest BCUT2D eigenvalue weighted by Crippen LogP contribution is 2.24. The maximum absolute atomic E-state index is 5.73. The smallest absolute Gasteiger partial charge is 0.0489 e. The molecule has 3 N–H and O–H groups in total. The second-order valence-corrected chi connectivity index (χ2v) is 5.07. The van der Waals surface area contributed by atoms with Crippen LogP contribution in [0.15, 0.2) is 22.7 Å². The molecule has 3 heteroatoms. The van der Waals surface area contributed by atoms with Gasteiger partial charge in [-0.2, -0.15) is 0 Å². The number of anilines is 1. The summed E-state index contributed by atoms with van der Waals surface area (Å²) < 4.78 is 1.09. The van der Waals surface area contributed by atoms with Gasteiger partial charge in [-0.3, -0.25) is 0 Å². The Morgan fingerprint density at radius 3 is 2.60 bits per heavy atom. The van der Waals surface area contributed by atoms with Crippen molar-refractivity contribution >= 4 is 21.6 Å². The van der Waals surface area contributed by atoms with Gasteiger partial charge in [0.25, 0.3) is 0 Å². The maximum Gasteiger partial charge on any atom is 0.0489 e. The van der Waals surface area contributed by atoms with Crippen molar-refractivity contribution in [1.29, 1.82) is 0 Å². The topological polar surface area (TPSA) is 38.0 Å². The quantitative estimate of drug-likeness (QED) is 0.882. The predicted molar refractivity (Wildman–Crippen MR) is 70.2 cm³/mol. The molecule has 0 amide bonds. The lowest BCUT2D eigenvalue weighted by molar-refractivity contribution is 0.531. The molecule has 15 heavy (non-hydrogen) atoms. The lowest BCUT2D eigenvalue weighted by atomic mass is 10.0. The molecule has 0 radical (unpaired) electrons. The summed E-state index contributed by atoms with van der Waals surface area (Å²) in [5.74, 6) is 0.530. The Labute approximate surface area is 100 Å². The molecule has 0 fully saturated rings. The van der Waals surface area contributed by atoms with Crippen LogP contribution in [0.25, 0.3) is 0 Å². The molecule has 0 aliphatic heterocycles. The number of benzene rings is 1. The maximum atomic E-state index is 5.73. The Kier molecular flexibility index (Phi) is 4.61. The number of nitrogens with one attached hydrogen (secondary N) is 1. The summed E-state index contributed by atoms with van der Waals surface area (Å²) >= 11 is 3.53. The molecule has 2 nitrogen and oxygen atoms in total. The van der Waals surface area contributed by atoms with E-state index in [1.807, 2.05) is 0 Å². The van der Waals surface area contributed by atoms with Gasteiger partial charge in [0.15, 0.2) is 0 Å². The van der Waals surface area contributed by atoms with Gasteiger partial charge < -0.3 is 11.1 Å². The largest absolute Gasteiger partial charge is 0.380 e. The third kappa shape index (κ3) is 3.50. The van der Waals surface area contributed by atoms with Crippen molar-refractivity contribution in [3.05, 3.63) is 28.2 Å². The van der Waals surface area contributed by atoms with Crippen molar-refractivity contribution in [3.8, 4) is 0 Å². The standard InChI is InChI=1S/C12H19BrN2/c1-8(2)12(7-14)15-11-6-9(3)4-5-10(11)13/h4-6,8,12,15H,7,14H2,1-3H3. The zero-order valence-electron chi connectivity index (χ0n) is 9.55. The van der Waals surface area contributed by atoms with Crippen molar-refractivity contribution in [2.75, 3.05) is 11.9 Å². The Morgan fingerprint density at radius 1 is 1.40 bits per heavy atom. The van der Waals surface area contributed by atoms with Crippen LogP contribution in [0, 0.1) is 12.8 Å². The van der Waals surface area contributed by atoms with E-state index in [0.29, 0.717) is 18.5 Å². The van der Waals surface area contributed by atoms with Crippen LogP contribution in [0.3, 0.4) is 0 Å². The molecular weight excluding hydrogens is 252 g/mol. The van der Waals surface area contributed by atoms with Gasteiger partial charge in [0.2, 0.25) is 0 Å². The lowest BCUT2D eigenvalue weighted by Crippen LogP contribution is -2.33. The van der Waals surface area contributed by atoms with E-state index < -0.39 is 0 Å². The van der Waals surface area contributed by atoms with E-state index in [2.05, 4.69) is 60.2 Å². The van der Waals surface area contributed by atoms with E-state index >= 15 is 0 Å². The van der Waals surface area contributed by atoms with Gasteiger partial charge in [0.1, 0.15) is 0 Å². The van der Waals surface area contributed by atoms with Gasteiger partial charge in [0, 0.05) is 22.7 Å². The normalized spacial score (nSPS) is 12.9. The second-order valence-electron chi connectivity index (χ2n) is 4.21. The Morgan fingerprint density at radius 2 is 2.07 bits per heavy atom. The van der Waals surface area contributed by atoms with Crippen LogP contribution in [0.1, 0.15) is 19.4 Å². The highest BCUT2D eigenvalue weighted by molar-refractivity contribution is 9.10. The van der Waals surface area contributed by atoms with E-state index in [4.69, 9.17) is 5.73 Å². The van der Waals surface area contributed by atoms with Gasteiger partial charge in [-0.25, -0.2) is 0 Å². The van der Waals surface area contributed by atoms with Crippen LogP contribution in [0.2, 0.25) is 0 Å². The molecule has 0 saturated heterocycles. The molecule has 1 atom stereocenters. The summed E-state index contributed by atoms with van der Waals surface area (Å²) in [6.07, 6.45) is 0. The minimum absolute atomic E-state index is 0.322. The molecule has 0 saturated carbocycles. The summed E-state index contributed by atoms with van der Waals surface area (Å²) in [6.45, 7) is 7.09. The molecule has 1 unspecified atom stereocenters. The van der Waals surface area contributed by atoms with Crippen LogP contribution >= 0.6 is 15.9 Å². The van der Waals surface area contributed by atoms with E-state index in [-0.39, 0.29) is 0 Å². The molecule has 0 spiro atoms. The summed E-state index contributed by atoms with van der Waals surface area (Å²) in [7, 11) is 0. The van der Waals surface area contributed by atoms with E-state index in [1.165, 1.54) is 5.56 Å². The summed E-state index contributed by atoms with van der Waals surface area (Å²) in [5, 5.41) is 3.47. The van der Waals surface area contributed by atoms with Gasteiger partial charge in [-0.15, -0.1) is 0 Å². The first-order chi connectivity index (χ1) is 7.04. The van der Waals surface area contributed by atoms with E-state index in [1.54, 1.807) is 0 Å². The van der Waals surface area contributed by atoms with Gasteiger partial charge in [-0.05, 0) is 46.5 Å². The minimum atomic E-state index is 0.322. The fourth-order valence-corrected chi connectivity index (χ4v) is 1.81. The zero-order chi connectivity index (χ0) is 11.4. The number of halogens is 1. The molecule has 0 aliphatic carbocycles. The number of hydrogen-bond acceptors (Lipinski definition) is 2.